The van der Waals surface area contributed by atoms with Crippen molar-refractivity contribution < 1.29 is 4.74 Å². The van der Waals surface area contributed by atoms with Gasteiger partial charge < -0.3 is 4.74 Å². The van der Waals surface area contributed by atoms with Crippen molar-refractivity contribution in [3.63, 3.8) is 0 Å². The number of aryl methyl sites for hydroxylation is 1. The maximum absolute atomic E-state index is 9.38. The van der Waals surface area contributed by atoms with E-state index < -0.39 is 5.54 Å². The molecule has 20 heavy (non-hydrogen) atoms. The third-order valence-electron chi connectivity index (χ3n) is 3.43. The Morgan fingerprint density at radius 1 is 1.30 bits per heavy atom. The number of nitrogens with zero attached hydrogens (tertiary/aromatic N) is 1. The Labute approximate surface area is 123 Å². The van der Waals surface area contributed by atoms with Gasteiger partial charge in [0.1, 0.15) is 11.3 Å². The molecule has 0 amide bonds. The second-order valence-corrected chi connectivity index (χ2v) is 6.07. The third kappa shape index (κ3) is 4.54. The molecule has 0 aliphatic heterocycles. The summed E-state index contributed by atoms with van der Waals surface area (Å²) in [4.78, 5) is 0. The zero-order valence-corrected chi connectivity index (χ0v) is 13.4. The molecule has 0 saturated heterocycles. The van der Waals surface area contributed by atoms with Gasteiger partial charge in [-0.25, -0.2) is 0 Å². The molecule has 0 radical (unpaired) electrons. The fraction of sp³-hybridized carbons (Fsp3) is 0.588. The zero-order chi connectivity index (χ0) is 15.3. The first-order valence-corrected chi connectivity index (χ1v) is 7.19. The Morgan fingerprint density at radius 3 is 2.50 bits per heavy atom. The number of hydrogen-bond acceptors (Lipinski definition) is 3. The van der Waals surface area contributed by atoms with E-state index in [1.807, 2.05) is 39.8 Å². The van der Waals surface area contributed by atoms with Gasteiger partial charge in [-0.3, -0.25) is 5.32 Å². The molecule has 0 spiro atoms. The van der Waals surface area contributed by atoms with Crippen LogP contribution >= 0.6 is 0 Å². The number of hydrogen-bond donors (Lipinski definition) is 1. The van der Waals surface area contributed by atoms with Gasteiger partial charge in [0.25, 0.3) is 0 Å². The fourth-order valence-electron chi connectivity index (χ4n) is 2.46. The summed E-state index contributed by atoms with van der Waals surface area (Å²) in [5, 5.41) is 12.7. The van der Waals surface area contributed by atoms with Crippen molar-refractivity contribution in [2.75, 3.05) is 0 Å². The highest BCUT2D eigenvalue weighted by Gasteiger charge is 2.27. The Kier molecular flexibility index (Phi) is 5.59. The van der Waals surface area contributed by atoms with E-state index in [-0.39, 0.29) is 12.1 Å². The van der Waals surface area contributed by atoms with Crippen molar-refractivity contribution in [2.45, 2.75) is 65.6 Å². The summed E-state index contributed by atoms with van der Waals surface area (Å²) in [7, 11) is 0. The Hall–Kier alpha value is -1.53. The van der Waals surface area contributed by atoms with Crippen LogP contribution in [0, 0.1) is 25.2 Å². The maximum Gasteiger partial charge on any atom is 0.122 e. The van der Waals surface area contributed by atoms with Crippen molar-refractivity contribution in [3.8, 4) is 11.8 Å². The monoisotopic (exact) mass is 274 g/mol. The van der Waals surface area contributed by atoms with E-state index in [4.69, 9.17) is 4.74 Å². The molecule has 0 aliphatic carbocycles. The molecule has 1 N–H and O–H groups in total. The molecule has 1 aromatic carbocycles. The highest BCUT2D eigenvalue weighted by Crippen LogP contribution is 2.24. The fourth-order valence-corrected chi connectivity index (χ4v) is 2.46. The van der Waals surface area contributed by atoms with Crippen molar-refractivity contribution >= 4 is 0 Å². The summed E-state index contributed by atoms with van der Waals surface area (Å²) in [5.74, 6) is 0.905. The molecule has 0 heterocycles. The molecule has 1 rings (SSSR count). The summed E-state index contributed by atoms with van der Waals surface area (Å²) < 4.78 is 6.01. The van der Waals surface area contributed by atoms with Gasteiger partial charge in [0.2, 0.25) is 0 Å². The third-order valence-corrected chi connectivity index (χ3v) is 3.43. The van der Waals surface area contributed by atoms with Crippen LogP contribution in [0.25, 0.3) is 0 Å². The van der Waals surface area contributed by atoms with Gasteiger partial charge in [0, 0.05) is 12.5 Å². The van der Waals surface area contributed by atoms with Crippen LogP contribution in [0.2, 0.25) is 0 Å². The van der Waals surface area contributed by atoms with Gasteiger partial charge in [0.05, 0.1) is 12.2 Å². The van der Waals surface area contributed by atoms with Crippen LogP contribution in [-0.2, 0) is 0 Å². The molecule has 0 fully saturated rings. The van der Waals surface area contributed by atoms with Crippen LogP contribution in [-0.4, -0.2) is 17.7 Å². The molecule has 3 heteroatoms. The lowest BCUT2D eigenvalue weighted by Crippen LogP contribution is -2.47. The van der Waals surface area contributed by atoms with Crippen molar-refractivity contribution in [1.29, 1.82) is 5.26 Å². The lowest BCUT2D eigenvalue weighted by atomic mass is 9.95. The number of nitrogens with one attached hydrogen (secondary N) is 1. The first kappa shape index (κ1) is 16.5. The standard InChI is InChI=1S/C17H26N2O/c1-12(2)19-17(6,11-18)10-14(4)20-16-9-7-8-13(3)15(16)5/h7-9,12,14,19H,10H2,1-6H3. The topological polar surface area (TPSA) is 45.0 Å². The van der Waals surface area contributed by atoms with Crippen LogP contribution in [0.5, 0.6) is 5.75 Å². The molecule has 110 valence electrons. The van der Waals surface area contributed by atoms with E-state index >= 15 is 0 Å². The van der Waals surface area contributed by atoms with E-state index in [9.17, 15) is 5.26 Å². The highest BCUT2D eigenvalue weighted by atomic mass is 16.5. The van der Waals surface area contributed by atoms with E-state index in [1.165, 1.54) is 5.56 Å². The normalized spacial score (nSPS) is 15.5. The molecule has 0 bridgehead atoms. The second-order valence-electron chi connectivity index (χ2n) is 6.07. The molecule has 0 aliphatic rings. The summed E-state index contributed by atoms with van der Waals surface area (Å²) >= 11 is 0. The quantitative estimate of drug-likeness (QED) is 0.859. The van der Waals surface area contributed by atoms with Crippen LogP contribution in [0.4, 0.5) is 0 Å². The minimum Gasteiger partial charge on any atom is -0.490 e. The Bertz CT molecular complexity index is 490. The summed E-state index contributed by atoms with van der Waals surface area (Å²) in [6, 6.07) is 8.69. The number of nitriles is 1. The van der Waals surface area contributed by atoms with E-state index in [2.05, 4.69) is 31.3 Å². The largest absolute Gasteiger partial charge is 0.490 e. The van der Waals surface area contributed by atoms with E-state index in [0.717, 1.165) is 11.3 Å². The smallest absolute Gasteiger partial charge is 0.122 e. The summed E-state index contributed by atoms with van der Waals surface area (Å²) in [6.45, 7) is 12.2. The molecular weight excluding hydrogens is 248 g/mol. The van der Waals surface area contributed by atoms with Gasteiger partial charge in [-0.05, 0) is 58.7 Å². The van der Waals surface area contributed by atoms with Gasteiger partial charge in [-0.15, -0.1) is 0 Å². The molecule has 1 aromatic rings. The van der Waals surface area contributed by atoms with Gasteiger partial charge in [-0.1, -0.05) is 12.1 Å². The van der Waals surface area contributed by atoms with Gasteiger partial charge >= 0.3 is 0 Å². The Morgan fingerprint density at radius 2 is 1.95 bits per heavy atom. The number of ether oxygens (including phenoxy) is 1. The van der Waals surface area contributed by atoms with Crippen molar-refractivity contribution in [3.05, 3.63) is 29.3 Å². The second kappa shape index (κ2) is 6.76. The lowest BCUT2D eigenvalue weighted by molar-refractivity contribution is 0.175. The number of benzene rings is 1. The van der Waals surface area contributed by atoms with Crippen LogP contribution < -0.4 is 10.1 Å². The molecule has 0 aromatic heterocycles. The van der Waals surface area contributed by atoms with Gasteiger partial charge in [0.15, 0.2) is 0 Å². The first-order valence-electron chi connectivity index (χ1n) is 7.19. The van der Waals surface area contributed by atoms with Gasteiger partial charge in [-0.2, -0.15) is 5.26 Å². The summed E-state index contributed by atoms with van der Waals surface area (Å²) in [5.41, 5.74) is 1.82. The lowest BCUT2D eigenvalue weighted by Gasteiger charge is -2.29. The molecule has 3 nitrogen and oxygen atoms in total. The predicted octanol–water partition coefficient (Wildman–Crippen LogP) is 3.74. The van der Waals surface area contributed by atoms with Crippen molar-refractivity contribution in [2.24, 2.45) is 0 Å². The van der Waals surface area contributed by atoms with Crippen LogP contribution in [0.3, 0.4) is 0 Å². The van der Waals surface area contributed by atoms with Crippen LogP contribution in [0.15, 0.2) is 18.2 Å². The minimum absolute atomic E-state index is 0.0219. The SMILES string of the molecule is Cc1cccc(OC(C)CC(C)(C#N)NC(C)C)c1C. The maximum atomic E-state index is 9.38. The predicted molar refractivity (Wildman–Crippen MR) is 82.9 cm³/mol. The summed E-state index contributed by atoms with van der Waals surface area (Å²) in [6.07, 6.45) is 0.626. The van der Waals surface area contributed by atoms with Crippen LogP contribution in [0.1, 0.15) is 45.2 Å². The minimum atomic E-state index is -0.564. The molecular formula is C17H26N2O. The van der Waals surface area contributed by atoms with E-state index in [1.54, 1.807) is 0 Å². The molecule has 2 unspecified atom stereocenters. The first-order chi connectivity index (χ1) is 9.27. The zero-order valence-electron chi connectivity index (χ0n) is 13.4. The number of rotatable bonds is 6. The highest BCUT2D eigenvalue weighted by molar-refractivity contribution is 5.38. The molecule has 2 atom stereocenters. The Balaban J connectivity index is 2.74. The average molecular weight is 274 g/mol. The van der Waals surface area contributed by atoms with Crippen molar-refractivity contribution in [1.82, 2.24) is 5.32 Å². The van der Waals surface area contributed by atoms with E-state index in [0.29, 0.717) is 6.42 Å². The average Bonchev–Trinajstić information content (AvgIpc) is 2.33. The molecule has 0 saturated carbocycles.